The van der Waals surface area contributed by atoms with Crippen LogP contribution >= 0.6 is 0 Å². The van der Waals surface area contributed by atoms with E-state index >= 15 is 0 Å². The fourth-order valence-electron chi connectivity index (χ4n) is 1.60. The van der Waals surface area contributed by atoms with Crippen LogP contribution in [0.15, 0.2) is 0 Å². The third kappa shape index (κ3) is 3.14. The zero-order chi connectivity index (χ0) is 14.0. The Morgan fingerprint density at radius 2 is 2.06 bits per heavy atom. The predicted octanol–water partition coefficient (Wildman–Crippen LogP) is 0.283. The topological polar surface area (TPSA) is 78.9 Å². The molecule has 1 saturated heterocycles. The van der Waals surface area contributed by atoms with Gasteiger partial charge in [0.25, 0.3) is 0 Å². The molecule has 6 heteroatoms. The molecular formula is C12H18N2O4. The minimum absolute atomic E-state index is 0.0545. The Hall–Kier alpha value is -1.74. The van der Waals surface area contributed by atoms with Crippen molar-refractivity contribution in [2.24, 2.45) is 0 Å². The lowest BCUT2D eigenvalue weighted by atomic mass is 9.90. The van der Waals surface area contributed by atoms with Crippen LogP contribution in [0.2, 0.25) is 0 Å². The third-order valence-corrected chi connectivity index (χ3v) is 2.51. The highest BCUT2D eigenvalue weighted by Gasteiger charge is 2.52. The van der Waals surface area contributed by atoms with E-state index in [-0.39, 0.29) is 19.6 Å². The number of carboxylic acids is 1. The lowest BCUT2D eigenvalue weighted by molar-refractivity contribution is -0.151. The monoisotopic (exact) mass is 254 g/mol. The van der Waals surface area contributed by atoms with Crippen molar-refractivity contribution >= 4 is 12.1 Å². The Labute approximate surface area is 106 Å². The summed E-state index contributed by atoms with van der Waals surface area (Å²) in [7, 11) is 0. The van der Waals surface area contributed by atoms with Crippen LogP contribution in [0.3, 0.4) is 0 Å². The quantitative estimate of drug-likeness (QED) is 0.707. The second-order valence-corrected chi connectivity index (χ2v) is 5.28. The van der Waals surface area contributed by atoms with Crippen molar-refractivity contribution in [2.75, 3.05) is 19.6 Å². The van der Waals surface area contributed by atoms with E-state index in [4.69, 9.17) is 16.3 Å². The predicted molar refractivity (Wildman–Crippen MR) is 65.0 cm³/mol. The first-order valence-electron chi connectivity index (χ1n) is 5.60. The van der Waals surface area contributed by atoms with Crippen LogP contribution in [0, 0.1) is 12.3 Å². The molecule has 6 nitrogen and oxygen atoms in total. The van der Waals surface area contributed by atoms with E-state index in [9.17, 15) is 9.59 Å². The van der Waals surface area contributed by atoms with Crippen LogP contribution in [-0.4, -0.2) is 52.8 Å². The zero-order valence-electron chi connectivity index (χ0n) is 10.8. The Kier molecular flexibility index (Phi) is 3.87. The number of rotatable bonds is 3. The molecule has 0 aliphatic carbocycles. The van der Waals surface area contributed by atoms with E-state index in [2.05, 4.69) is 11.2 Å². The summed E-state index contributed by atoms with van der Waals surface area (Å²) in [5.74, 6) is 1.30. The third-order valence-electron chi connectivity index (χ3n) is 2.51. The van der Waals surface area contributed by atoms with E-state index in [1.54, 1.807) is 20.8 Å². The van der Waals surface area contributed by atoms with Crippen molar-refractivity contribution in [1.82, 2.24) is 10.2 Å². The zero-order valence-corrected chi connectivity index (χ0v) is 10.8. The molecule has 100 valence electrons. The van der Waals surface area contributed by atoms with Gasteiger partial charge in [0.2, 0.25) is 0 Å². The molecule has 0 unspecified atom stereocenters. The standard InChI is InChI=1S/C12H18N2O4/c1-5-6-13-12(9(15)16)7-14(8-12)10(17)18-11(2,3)4/h1,13H,6-8H2,2-4H3,(H,15,16). The lowest BCUT2D eigenvalue weighted by Gasteiger charge is -2.47. The number of ether oxygens (including phenoxy) is 1. The number of likely N-dealkylation sites (tertiary alicyclic amines) is 1. The lowest BCUT2D eigenvalue weighted by Crippen LogP contribution is -2.74. The van der Waals surface area contributed by atoms with E-state index in [1.807, 2.05) is 0 Å². The summed E-state index contributed by atoms with van der Waals surface area (Å²) in [4.78, 5) is 24.2. The maximum atomic E-state index is 11.7. The van der Waals surface area contributed by atoms with Crippen molar-refractivity contribution in [2.45, 2.75) is 31.9 Å². The molecule has 0 atom stereocenters. The van der Waals surface area contributed by atoms with Crippen LogP contribution in [0.5, 0.6) is 0 Å². The van der Waals surface area contributed by atoms with Crippen LogP contribution < -0.4 is 5.32 Å². The molecular weight excluding hydrogens is 236 g/mol. The molecule has 1 amide bonds. The summed E-state index contributed by atoms with van der Waals surface area (Å²) in [6, 6.07) is 0. The molecule has 0 saturated carbocycles. The van der Waals surface area contributed by atoms with Gasteiger partial charge >= 0.3 is 12.1 Å². The first-order chi connectivity index (χ1) is 8.20. The highest BCUT2D eigenvalue weighted by Crippen LogP contribution is 2.23. The largest absolute Gasteiger partial charge is 0.480 e. The van der Waals surface area contributed by atoms with Crippen molar-refractivity contribution in [3.8, 4) is 12.3 Å². The van der Waals surface area contributed by atoms with Gasteiger partial charge in [-0.25, -0.2) is 4.79 Å². The van der Waals surface area contributed by atoms with Crippen LogP contribution in [0.4, 0.5) is 4.79 Å². The van der Waals surface area contributed by atoms with E-state index in [1.165, 1.54) is 4.90 Å². The van der Waals surface area contributed by atoms with Gasteiger partial charge in [-0.05, 0) is 20.8 Å². The Morgan fingerprint density at radius 1 is 1.50 bits per heavy atom. The van der Waals surface area contributed by atoms with Crippen molar-refractivity contribution in [1.29, 1.82) is 0 Å². The molecule has 1 fully saturated rings. The van der Waals surface area contributed by atoms with Gasteiger partial charge in [0.15, 0.2) is 5.54 Å². The number of carboxylic acid groups (broad SMARTS) is 1. The summed E-state index contributed by atoms with van der Waals surface area (Å²) in [6.45, 7) is 5.52. The SMILES string of the molecule is C#CCNC1(C(=O)O)CN(C(=O)OC(C)(C)C)C1. The second kappa shape index (κ2) is 4.86. The van der Waals surface area contributed by atoms with E-state index in [0.717, 1.165) is 0 Å². The molecule has 1 heterocycles. The highest BCUT2D eigenvalue weighted by molar-refractivity contribution is 5.84. The van der Waals surface area contributed by atoms with Gasteiger partial charge in [0, 0.05) is 0 Å². The highest BCUT2D eigenvalue weighted by atomic mass is 16.6. The number of carbonyl (C=O) groups is 2. The fraction of sp³-hybridized carbons (Fsp3) is 0.667. The maximum Gasteiger partial charge on any atom is 0.410 e. The first-order valence-corrected chi connectivity index (χ1v) is 5.60. The number of amides is 1. The van der Waals surface area contributed by atoms with E-state index in [0.29, 0.717) is 0 Å². The molecule has 0 aromatic rings. The summed E-state index contributed by atoms with van der Waals surface area (Å²) in [5.41, 5.74) is -1.74. The number of nitrogens with zero attached hydrogens (tertiary/aromatic N) is 1. The summed E-state index contributed by atoms with van der Waals surface area (Å²) < 4.78 is 5.15. The van der Waals surface area contributed by atoms with Gasteiger partial charge in [0.1, 0.15) is 5.60 Å². The maximum absolute atomic E-state index is 11.7. The molecule has 0 aromatic heterocycles. The van der Waals surface area contributed by atoms with Gasteiger partial charge < -0.3 is 14.7 Å². The number of hydrogen-bond acceptors (Lipinski definition) is 4. The summed E-state index contributed by atoms with van der Waals surface area (Å²) in [6.07, 6.45) is 4.57. The number of carbonyl (C=O) groups excluding carboxylic acids is 1. The minimum Gasteiger partial charge on any atom is -0.480 e. The van der Waals surface area contributed by atoms with Gasteiger partial charge in [-0.15, -0.1) is 6.42 Å². The fourth-order valence-corrected chi connectivity index (χ4v) is 1.60. The Morgan fingerprint density at radius 3 is 2.44 bits per heavy atom. The average Bonchev–Trinajstić information content (AvgIpc) is 2.12. The molecule has 1 aliphatic heterocycles. The Balaban J connectivity index is 2.57. The number of aliphatic carboxylic acids is 1. The van der Waals surface area contributed by atoms with Crippen LogP contribution in [-0.2, 0) is 9.53 Å². The van der Waals surface area contributed by atoms with Crippen molar-refractivity contribution in [3.05, 3.63) is 0 Å². The Bertz CT molecular complexity index is 386. The minimum atomic E-state index is -1.15. The van der Waals surface area contributed by atoms with Gasteiger partial charge in [-0.2, -0.15) is 0 Å². The normalized spacial score (nSPS) is 17.6. The van der Waals surface area contributed by atoms with Gasteiger partial charge in [0.05, 0.1) is 19.6 Å². The average molecular weight is 254 g/mol. The number of terminal acetylenes is 1. The molecule has 18 heavy (non-hydrogen) atoms. The van der Waals surface area contributed by atoms with E-state index < -0.39 is 23.2 Å². The molecule has 0 bridgehead atoms. The van der Waals surface area contributed by atoms with Crippen LogP contribution in [0.1, 0.15) is 20.8 Å². The first kappa shape index (κ1) is 14.3. The summed E-state index contributed by atoms with van der Waals surface area (Å²) in [5, 5.41) is 11.9. The van der Waals surface area contributed by atoms with Gasteiger partial charge in [-0.1, -0.05) is 5.92 Å². The summed E-state index contributed by atoms with van der Waals surface area (Å²) >= 11 is 0. The number of nitrogens with one attached hydrogen (secondary N) is 1. The van der Waals surface area contributed by atoms with Gasteiger partial charge in [-0.3, -0.25) is 10.1 Å². The molecule has 2 N–H and O–H groups in total. The molecule has 0 aromatic carbocycles. The van der Waals surface area contributed by atoms with Crippen molar-refractivity contribution < 1.29 is 19.4 Å². The smallest absolute Gasteiger partial charge is 0.410 e. The van der Waals surface area contributed by atoms with Crippen LogP contribution in [0.25, 0.3) is 0 Å². The molecule has 0 spiro atoms. The molecule has 0 radical (unpaired) electrons. The molecule has 1 aliphatic rings. The second-order valence-electron chi connectivity index (χ2n) is 5.28. The number of hydrogen-bond donors (Lipinski definition) is 2. The van der Waals surface area contributed by atoms with Crippen molar-refractivity contribution in [3.63, 3.8) is 0 Å². The molecule has 1 rings (SSSR count).